The smallest absolute Gasteiger partial charge is 0.329 e. The first-order valence-corrected chi connectivity index (χ1v) is 7.56. The van der Waals surface area contributed by atoms with Gasteiger partial charge in [0.1, 0.15) is 6.61 Å². The number of rotatable bonds is 19. The van der Waals surface area contributed by atoms with Crippen LogP contribution in [0.5, 0.6) is 0 Å². The highest BCUT2D eigenvalue weighted by Gasteiger charge is 1.96. The molecule has 23 heavy (non-hydrogen) atoms. The molecule has 2 N–H and O–H groups in total. The number of aliphatic hydroxyl groups excluding tert-OH is 1. The summed E-state index contributed by atoms with van der Waals surface area (Å²) in [4.78, 5) is 10.2. The Labute approximate surface area is 136 Å². The van der Waals surface area contributed by atoms with Crippen molar-refractivity contribution in [3.05, 3.63) is 0 Å². The van der Waals surface area contributed by atoms with Gasteiger partial charge in [-0.3, -0.25) is 0 Å². The van der Waals surface area contributed by atoms with Crippen LogP contribution in [0.15, 0.2) is 0 Å². The molecule has 0 unspecified atom stereocenters. The standard InChI is InChI=1S/C14H28O9/c15-1-2-18-3-4-19-5-6-20-7-8-21-9-10-22-11-12-23-13-14(16)17/h15H,1-13H2,(H,16,17). The molecule has 0 spiro atoms. The summed E-state index contributed by atoms with van der Waals surface area (Å²) in [5.41, 5.74) is 0. The lowest BCUT2D eigenvalue weighted by Crippen LogP contribution is -2.15. The number of carboxylic acids is 1. The number of aliphatic carboxylic acids is 1. The van der Waals surface area contributed by atoms with E-state index in [9.17, 15) is 4.79 Å². The molecule has 0 aromatic heterocycles. The molecular weight excluding hydrogens is 312 g/mol. The lowest BCUT2D eigenvalue weighted by atomic mass is 10.6. The van der Waals surface area contributed by atoms with E-state index in [4.69, 9.17) is 38.6 Å². The van der Waals surface area contributed by atoms with Crippen molar-refractivity contribution in [3.8, 4) is 0 Å². The van der Waals surface area contributed by atoms with E-state index in [0.717, 1.165) is 0 Å². The largest absolute Gasteiger partial charge is 0.480 e. The minimum Gasteiger partial charge on any atom is -0.480 e. The van der Waals surface area contributed by atoms with E-state index in [0.29, 0.717) is 66.1 Å². The van der Waals surface area contributed by atoms with Gasteiger partial charge in [0.05, 0.1) is 79.3 Å². The van der Waals surface area contributed by atoms with Gasteiger partial charge in [-0.05, 0) is 0 Å². The molecule has 0 aliphatic carbocycles. The molecule has 0 saturated carbocycles. The van der Waals surface area contributed by atoms with E-state index >= 15 is 0 Å². The van der Waals surface area contributed by atoms with Crippen molar-refractivity contribution in [2.75, 3.05) is 85.9 Å². The molecular formula is C14H28O9. The zero-order valence-electron chi connectivity index (χ0n) is 13.4. The summed E-state index contributed by atoms with van der Waals surface area (Å²) < 4.78 is 30.8. The Bertz CT molecular complexity index is 250. The van der Waals surface area contributed by atoms with Crippen LogP contribution in [-0.4, -0.2) is 102 Å². The van der Waals surface area contributed by atoms with Crippen LogP contribution in [0, 0.1) is 0 Å². The van der Waals surface area contributed by atoms with Crippen LogP contribution in [-0.2, 0) is 33.2 Å². The summed E-state index contributed by atoms with van der Waals surface area (Å²) in [6, 6.07) is 0. The number of carbonyl (C=O) groups is 1. The fraction of sp³-hybridized carbons (Fsp3) is 0.929. The van der Waals surface area contributed by atoms with E-state index in [-0.39, 0.29) is 19.8 Å². The first kappa shape index (κ1) is 22.2. The molecule has 0 aliphatic rings. The van der Waals surface area contributed by atoms with Gasteiger partial charge in [-0.15, -0.1) is 0 Å². The molecule has 0 aliphatic heterocycles. The molecule has 0 saturated heterocycles. The van der Waals surface area contributed by atoms with Gasteiger partial charge in [0.2, 0.25) is 0 Å². The third kappa shape index (κ3) is 21.2. The van der Waals surface area contributed by atoms with E-state index in [1.165, 1.54) is 0 Å². The van der Waals surface area contributed by atoms with Gasteiger partial charge in [-0.25, -0.2) is 4.79 Å². The summed E-state index contributed by atoms with van der Waals surface area (Å²) in [6.45, 7) is 4.37. The van der Waals surface area contributed by atoms with Crippen LogP contribution in [0.2, 0.25) is 0 Å². The van der Waals surface area contributed by atoms with Gasteiger partial charge in [-0.2, -0.15) is 0 Å². The lowest BCUT2D eigenvalue weighted by molar-refractivity contribution is -0.142. The number of hydrogen-bond donors (Lipinski definition) is 2. The van der Waals surface area contributed by atoms with Crippen molar-refractivity contribution in [2.45, 2.75) is 0 Å². The highest BCUT2D eigenvalue weighted by molar-refractivity contribution is 5.67. The van der Waals surface area contributed by atoms with Gasteiger partial charge in [0.15, 0.2) is 0 Å². The SMILES string of the molecule is O=C(O)COCCOCCOCCOCCOCCOCCO. The maximum Gasteiger partial charge on any atom is 0.329 e. The van der Waals surface area contributed by atoms with Crippen molar-refractivity contribution in [1.82, 2.24) is 0 Å². The molecule has 0 bridgehead atoms. The van der Waals surface area contributed by atoms with Crippen molar-refractivity contribution in [3.63, 3.8) is 0 Å². The van der Waals surface area contributed by atoms with E-state index in [1.54, 1.807) is 0 Å². The van der Waals surface area contributed by atoms with Gasteiger partial charge in [-0.1, -0.05) is 0 Å². The topological polar surface area (TPSA) is 113 Å². The molecule has 0 atom stereocenters. The van der Waals surface area contributed by atoms with Gasteiger partial charge >= 0.3 is 5.97 Å². The van der Waals surface area contributed by atoms with E-state index in [2.05, 4.69) is 0 Å². The van der Waals surface area contributed by atoms with Crippen LogP contribution in [0.4, 0.5) is 0 Å². The van der Waals surface area contributed by atoms with Gasteiger partial charge in [0, 0.05) is 0 Å². The predicted octanol–water partition coefficient (Wildman–Crippen LogP) is -0.837. The Kier molecular flexibility index (Phi) is 18.6. The van der Waals surface area contributed by atoms with Crippen LogP contribution in [0.3, 0.4) is 0 Å². The summed E-state index contributed by atoms with van der Waals surface area (Å²) in [6.07, 6.45) is 0. The quantitative estimate of drug-likeness (QED) is 0.291. The maximum absolute atomic E-state index is 10.2. The molecule has 0 radical (unpaired) electrons. The normalized spacial score (nSPS) is 11.0. The Balaban J connectivity index is 2.96. The zero-order valence-corrected chi connectivity index (χ0v) is 13.4. The highest BCUT2D eigenvalue weighted by Crippen LogP contribution is 1.84. The van der Waals surface area contributed by atoms with Crippen molar-refractivity contribution in [2.24, 2.45) is 0 Å². The van der Waals surface area contributed by atoms with Crippen molar-refractivity contribution < 1.29 is 43.4 Å². The Hall–Kier alpha value is -0.810. The second kappa shape index (κ2) is 19.2. The first-order chi connectivity index (χ1) is 11.3. The van der Waals surface area contributed by atoms with Crippen LogP contribution >= 0.6 is 0 Å². The molecule has 9 heteroatoms. The fourth-order valence-electron chi connectivity index (χ4n) is 1.32. The number of hydrogen-bond acceptors (Lipinski definition) is 8. The fourth-order valence-corrected chi connectivity index (χ4v) is 1.32. The molecule has 0 amide bonds. The molecule has 0 fully saturated rings. The second-order valence-electron chi connectivity index (χ2n) is 4.23. The predicted molar refractivity (Wildman–Crippen MR) is 79.6 cm³/mol. The minimum absolute atomic E-state index is 0.0205. The van der Waals surface area contributed by atoms with E-state index in [1.807, 2.05) is 0 Å². The Morgan fingerprint density at radius 3 is 1.17 bits per heavy atom. The molecule has 0 rings (SSSR count). The summed E-state index contributed by atoms with van der Waals surface area (Å²) in [5, 5.41) is 16.8. The third-order valence-electron chi connectivity index (χ3n) is 2.32. The lowest BCUT2D eigenvalue weighted by Gasteiger charge is -2.07. The molecule has 0 heterocycles. The summed E-state index contributed by atoms with van der Waals surface area (Å²) in [5.74, 6) is -0.992. The molecule has 9 nitrogen and oxygen atoms in total. The van der Waals surface area contributed by atoms with E-state index < -0.39 is 5.97 Å². The molecule has 0 aromatic carbocycles. The molecule has 0 aromatic rings. The van der Waals surface area contributed by atoms with Crippen LogP contribution < -0.4 is 0 Å². The van der Waals surface area contributed by atoms with Crippen molar-refractivity contribution in [1.29, 1.82) is 0 Å². The molecule has 138 valence electrons. The van der Waals surface area contributed by atoms with Crippen LogP contribution in [0.1, 0.15) is 0 Å². The average molecular weight is 340 g/mol. The van der Waals surface area contributed by atoms with Crippen molar-refractivity contribution >= 4 is 5.97 Å². The second-order valence-corrected chi connectivity index (χ2v) is 4.23. The summed E-state index contributed by atoms with van der Waals surface area (Å²) >= 11 is 0. The monoisotopic (exact) mass is 340 g/mol. The summed E-state index contributed by atoms with van der Waals surface area (Å²) in [7, 11) is 0. The number of ether oxygens (including phenoxy) is 6. The van der Waals surface area contributed by atoms with Gasteiger partial charge in [0.25, 0.3) is 0 Å². The Morgan fingerprint density at radius 2 is 0.870 bits per heavy atom. The number of aliphatic hydroxyl groups is 1. The van der Waals surface area contributed by atoms with Crippen LogP contribution in [0.25, 0.3) is 0 Å². The Morgan fingerprint density at radius 1 is 0.565 bits per heavy atom. The maximum atomic E-state index is 10.2. The first-order valence-electron chi connectivity index (χ1n) is 7.56. The van der Waals surface area contributed by atoms with Gasteiger partial charge < -0.3 is 38.6 Å². The highest BCUT2D eigenvalue weighted by atomic mass is 16.6. The third-order valence-corrected chi connectivity index (χ3v) is 2.32. The minimum atomic E-state index is -0.992. The number of carboxylic acid groups (broad SMARTS) is 1. The average Bonchev–Trinajstić information content (AvgIpc) is 2.53. The zero-order chi connectivity index (χ0) is 17.0.